The first-order valence-electron chi connectivity index (χ1n) is 8.40. The Kier molecular flexibility index (Phi) is 5.44. The minimum atomic E-state index is -0.508. The Labute approximate surface area is 161 Å². The molecule has 2 aromatic rings. The topological polar surface area (TPSA) is 88.1 Å². The lowest BCUT2D eigenvalue weighted by Gasteiger charge is -2.08. The van der Waals surface area contributed by atoms with E-state index in [2.05, 4.69) is 9.47 Å². The first-order valence-corrected chi connectivity index (χ1v) is 8.40. The van der Waals surface area contributed by atoms with E-state index < -0.39 is 11.9 Å². The summed E-state index contributed by atoms with van der Waals surface area (Å²) in [7, 11) is 2.59. The van der Waals surface area contributed by atoms with Crippen LogP contribution in [-0.2, 0) is 14.3 Å². The minimum Gasteiger partial charge on any atom is -0.482 e. The van der Waals surface area contributed by atoms with Gasteiger partial charge in [-0.1, -0.05) is 12.1 Å². The SMILES string of the molecule is COC(=O)COc1cc(C)c2c(c1)O/C(=C\c1ccc(C(=O)OC)cc1)C2=O. The van der Waals surface area contributed by atoms with Crippen molar-refractivity contribution in [3.8, 4) is 11.5 Å². The highest BCUT2D eigenvalue weighted by molar-refractivity contribution is 6.15. The molecular weight excluding hydrogens is 364 g/mol. The van der Waals surface area contributed by atoms with Crippen molar-refractivity contribution in [2.45, 2.75) is 6.92 Å². The molecule has 0 unspecified atom stereocenters. The summed E-state index contributed by atoms with van der Waals surface area (Å²) in [6.07, 6.45) is 1.60. The van der Waals surface area contributed by atoms with E-state index >= 15 is 0 Å². The van der Waals surface area contributed by atoms with E-state index in [0.717, 1.165) is 0 Å². The molecule has 0 saturated heterocycles. The minimum absolute atomic E-state index is 0.161. The van der Waals surface area contributed by atoms with E-state index in [1.165, 1.54) is 14.2 Å². The van der Waals surface area contributed by atoms with Crippen LogP contribution in [0.3, 0.4) is 0 Å². The number of ether oxygens (including phenoxy) is 4. The molecule has 1 heterocycles. The first-order chi connectivity index (χ1) is 13.4. The van der Waals surface area contributed by atoms with Gasteiger partial charge in [-0.25, -0.2) is 9.59 Å². The van der Waals surface area contributed by atoms with Crippen molar-refractivity contribution in [1.29, 1.82) is 0 Å². The number of hydrogen-bond acceptors (Lipinski definition) is 7. The molecule has 0 spiro atoms. The van der Waals surface area contributed by atoms with Gasteiger partial charge in [0.05, 0.1) is 25.3 Å². The second kappa shape index (κ2) is 7.96. The molecule has 0 aromatic heterocycles. The van der Waals surface area contributed by atoms with Crippen LogP contribution in [0.25, 0.3) is 6.08 Å². The van der Waals surface area contributed by atoms with Crippen LogP contribution in [0, 0.1) is 6.92 Å². The van der Waals surface area contributed by atoms with Gasteiger partial charge in [0.2, 0.25) is 5.78 Å². The summed E-state index contributed by atoms with van der Waals surface area (Å²) >= 11 is 0. The Balaban J connectivity index is 1.82. The molecule has 0 bridgehead atoms. The van der Waals surface area contributed by atoms with Crippen LogP contribution in [-0.4, -0.2) is 38.5 Å². The van der Waals surface area contributed by atoms with Crippen molar-refractivity contribution >= 4 is 23.8 Å². The number of aryl methyl sites for hydroxylation is 1. The molecule has 7 heteroatoms. The van der Waals surface area contributed by atoms with E-state index in [4.69, 9.17) is 9.47 Å². The molecule has 0 atom stereocenters. The maximum atomic E-state index is 12.7. The van der Waals surface area contributed by atoms with Crippen molar-refractivity contribution in [3.63, 3.8) is 0 Å². The van der Waals surface area contributed by atoms with Gasteiger partial charge in [0.15, 0.2) is 12.4 Å². The van der Waals surface area contributed by atoms with Gasteiger partial charge in [0.1, 0.15) is 11.5 Å². The highest BCUT2D eigenvalue weighted by Gasteiger charge is 2.30. The number of rotatable bonds is 5. The van der Waals surface area contributed by atoms with E-state index in [9.17, 15) is 14.4 Å². The fourth-order valence-electron chi connectivity index (χ4n) is 2.75. The molecule has 28 heavy (non-hydrogen) atoms. The number of esters is 2. The fourth-order valence-corrected chi connectivity index (χ4v) is 2.75. The smallest absolute Gasteiger partial charge is 0.343 e. The standard InChI is InChI=1S/C21H18O7/c1-12-8-15(27-11-18(22)25-2)10-16-19(12)20(23)17(28-16)9-13-4-6-14(7-5-13)21(24)26-3/h4-10H,11H2,1-3H3/b17-9-. The van der Waals surface area contributed by atoms with E-state index in [0.29, 0.717) is 33.8 Å². The van der Waals surface area contributed by atoms with Crippen LogP contribution in [0.4, 0.5) is 0 Å². The zero-order chi connectivity index (χ0) is 20.3. The van der Waals surface area contributed by atoms with Gasteiger partial charge in [-0.2, -0.15) is 0 Å². The quantitative estimate of drug-likeness (QED) is 0.580. The summed E-state index contributed by atoms with van der Waals surface area (Å²) in [6.45, 7) is 1.52. The second-order valence-corrected chi connectivity index (χ2v) is 6.03. The van der Waals surface area contributed by atoms with E-state index in [1.54, 1.807) is 49.4 Å². The van der Waals surface area contributed by atoms with Gasteiger partial charge in [-0.05, 0) is 42.3 Å². The van der Waals surface area contributed by atoms with Crippen LogP contribution in [0.15, 0.2) is 42.2 Å². The summed E-state index contributed by atoms with van der Waals surface area (Å²) < 4.78 is 20.3. The van der Waals surface area contributed by atoms with Gasteiger partial charge in [0.25, 0.3) is 0 Å². The molecule has 3 rings (SSSR count). The van der Waals surface area contributed by atoms with Crippen LogP contribution in [0.5, 0.6) is 11.5 Å². The molecule has 144 valence electrons. The number of carbonyl (C=O) groups is 3. The molecule has 2 aromatic carbocycles. The molecule has 0 N–H and O–H groups in total. The number of hydrogen-bond donors (Lipinski definition) is 0. The van der Waals surface area contributed by atoms with Gasteiger partial charge in [-0.3, -0.25) is 4.79 Å². The number of carbonyl (C=O) groups excluding carboxylic acids is 3. The monoisotopic (exact) mass is 382 g/mol. The van der Waals surface area contributed by atoms with Gasteiger partial charge in [0, 0.05) is 6.07 Å². The van der Waals surface area contributed by atoms with Crippen molar-refractivity contribution < 1.29 is 33.3 Å². The van der Waals surface area contributed by atoms with Crippen molar-refractivity contribution in [2.24, 2.45) is 0 Å². The number of ketones is 1. The number of fused-ring (bicyclic) bond motifs is 1. The van der Waals surface area contributed by atoms with Gasteiger partial charge >= 0.3 is 11.9 Å². The van der Waals surface area contributed by atoms with Crippen LogP contribution in [0.1, 0.15) is 31.8 Å². The van der Waals surface area contributed by atoms with Crippen LogP contribution in [0.2, 0.25) is 0 Å². The molecule has 0 saturated carbocycles. The summed E-state index contributed by atoms with van der Waals surface area (Å²) in [4.78, 5) is 35.4. The Hall–Kier alpha value is -3.61. The number of Topliss-reactive ketones (excluding diaryl/α,β-unsaturated/α-hetero) is 1. The molecule has 0 radical (unpaired) electrons. The third-order valence-corrected chi connectivity index (χ3v) is 4.16. The average Bonchev–Trinajstić information content (AvgIpc) is 3.01. The van der Waals surface area contributed by atoms with Gasteiger partial charge < -0.3 is 18.9 Å². The highest BCUT2D eigenvalue weighted by Crippen LogP contribution is 2.37. The maximum Gasteiger partial charge on any atom is 0.343 e. The predicted molar refractivity (Wildman–Crippen MR) is 99.4 cm³/mol. The van der Waals surface area contributed by atoms with Crippen molar-refractivity contribution in [3.05, 3.63) is 64.4 Å². The lowest BCUT2D eigenvalue weighted by molar-refractivity contribution is -0.142. The lowest BCUT2D eigenvalue weighted by Crippen LogP contribution is -2.12. The highest BCUT2D eigenvalue weighted by atomic mass is 16.6. The molecule has 0 fully saturated rings. The van der Waals surface area contributed by atoms with E-state index in [1.807, 2.05) is 0 Å². The number of methoxy groups -OCH3 is 2. The zero-order valence-corrected chi connectivity index (χ0v) is 15.6. The van der Waals surface area contributed by atoms with Crippen LogP contribution >= 0.6 is 0 Å². The second-order valence-electron chi connectivity index (χ2n) is 6.03. The normalized spacial score (nSPS) is 13.7. The molecule has 1 aliphatic rings. The maximum absolute atomic E-state index is 12.7. The average molecular weight is 382 g/mol. The Bertz CT molecular complexity index is 971. The molecule has 7 nitrogen and oxygen atoms in total. The summed E-state index contributed by atoms with van der Waals surface area (Å²) in [6, 6.07) is 9.82. The summed E-state index contributed by atoms with van der Waals surface area (Å²) in [5.74, 6) is -0.264. The summed E-state index contributed by atoms with van der Waals surface area (Å²) in [5, 5.41) is 0. The Morgan fingerprint density at radius 2 is 1.79 bits per heavy atom. The Morgan fingerprint density at radius 3 is 2.43 bits per heavy atom. The molecule has 1 aliphatic heterocycles. The lowest BCUT2D eigenvalue weighted by atomic mass is 10.0. The van der Waals surface area contributed by atoms with Crippen molar-refractivity contribution in [1.82, 2.24) is 0 Å². The zero-order valence-electron chi connectivity index (χ0n) is 15.6. The number of benzene rings is 2. The Morgan fingerprint density at radius 1 is 1.07 bits per heavy atom. The first kappa shape index (κ1) is 19.2. The van der Waals surface area contributed by atoms with Gasteiger partial charge in [-0.15, -0.1) is 0 Å². The third kappa shape index (κ3) is 3.88. The molecular formula is C21H18O7. The van der Waals surface area contributed by atoms with E-state index in [-0.39, 0.29) is 18.1 Å². The largest absolute Gasteiger partial charge is 0.482 e. The predicted octanol–water partition coefficient (Wildman–Crippen LogP) is 2.95. The summed E-state index contributed by atoms with van der Waals surface area (Å²) in [5.41, 5.74) is 2.23. The molecule has 0 aliphatic carbocycles. The third-order valence-electron chi connectivity index (χ3n) is 4.16. The fraction of sp³-hybridized carbons (Fsp3) is 0.190. The molecule has 0 amide bonds. The van der Waals surface area contributed by atoms with Crippen LogP contribution < -0.4 is 9.47 Å². The van der Waals surface area contributed by atoms with Crippen molar-refractivity contribution in [2.75, 3.05) is 20.8 Å². The number of allylic oxidation sites excluding steroid dienone is 1.